The summed E-state index contributed by atoms with van der Waals surface area (Å²) in [5.41, 5.74) is 2.83. The average molecular weight is 531 g/mol. The predicted octanol–water partition coefficient (Wildman–Crippen LogP) is 6.83. The number of halogens is 1. The predicted molar refractivity (Wildman–Crippen MR) is 131 cm³/mol. The Morgan fingerprint density at radius 3 is 2.53 bits per heavy atom. The minimum Gasteiger partial charge on any atom is -0.461 e. The topological polar surface area (TPSA) is 64.6 Å². The number of thiazole rings is 1. The van der Waals surface area contributed by atoms with E-state index in [9.17, 15) is 8.42 Å². The van der Waals surface area contributed by atoms with Gasteiger partial charge in [-0.1, -0.05) is 53.4 Å². The second kappa shape index (κ2) is 8.65. The van der Waals surface area contributed by atoms with Gasteiger partial charge in [0.25, 0.3) is 10.0 Å². The molecule has 0 radical (unpaired) electrons. The smallest absolute Gasteiger partial charge is 0.285 e. The number of para-hydroxylation sites is 1. The molecule has 0 N–H and O–H groups in total. The van der Waals surface area contributed by atoms with Crippen LogP contribution in [0.4, 0.5) is 0 Å². The summed E-state index contributed by atoms with van der Waals surface area (Å²) in [5.74, 6) is 0.830. The van der Waals surface area contributed by atoms with Crippen molar-refractivity contribution in [3.8, 4) is 11.3 Å². The molecule has 0 amide bonds. The van der Waals surface area contributed by atoms with Crippen LogP contribution in [0.15, 0.2) is 72.1 Å². The van der Waals surface area contributed by atoms with Crippen molar-refractivity contribution in [2.24, 2.45) is 4.40 Å². The summed E-state index contributed by atoms with van der Waals surface area (Å²) in [6.45, 7) is 1.97. The molecule has 2 heterocycles. The number of furan rings is 1. The minimum absolute atomic E-state index is 0.191. The molecule has 8 heteroatoms. The Morgan fingerprint density at radius 1 is 1.06 bits per heavy atom. The SMILES string of the molecule is Cc1oc2ccccc2c1-c1csc(=NS(=O)(=O)c2ccc(Br)cc2)n1C1CCCCC1. The molecule has 5 rings (SSSR count). The third-order valence-corrected chi connectivity index (χ3v) is 8.78. The molecule has 1 saturated carbocycles. The van der Waals surface area contributed by atoms with Crippen LogP contribution in [0, 0.1) is 6.92 Å². The molecule has 1 fully saturated rings. The highest BCUT2D eigenvalue weighted by Gasteiger charge is 2.25. The standard InChI is InChI=1S/C24H23BrN2O3S2/c1-16-23(20-9-5-6-10-22(20)30-16)21-15-31-24(27(21)18-7-3-2-4-8-18)26-32(28,29)19-13-11-17(25)12-14-19/h5-6,9-15,18H,2-4,7-8H2,1H3. The monoisotopic (exact) mass is 530 g/mol. The van der Waals surface area contributed by atoms with Crippen molar-refractivity contribution >= 4 is 48.3 Å². The van der Waals surface area contributed by atoms with E-state index in [2.05, 4.69) is 31.0 Å². The van der Waals surface area contributed by atoms with Crippen molar-refractivity contribution in [3.63, 3.8) is 0 Å². The fourth-order valence-corrected chi connectivity index (χ4v) is 6.93. The second-order valence-electron chi connectivity index (χ2n) is 8.12. The van der Waals surface area contributed by atoms with Crippen molar-refractivity contribution in [2.75, 3.05) is 0 Å². The van der Waals surface area contributed by atoms with Crippen LogP contribution in [-0.2, 0) is 10.0 Å². The molecule has 5 nitrogen and oxygen atoms in total. The summed E-state index contributed by atoms with van der Waals surface area (Å²) in [7, 11) is -3.83. The number of nitrogens with zero attached hydrogens (tertiary/aromatic N) is 2. The van der Waals surface area contributed by atoms with Crippen LogP contribution in [0.5, 0.6) is 0 Å². The van der Waals surface area contributed by atoms with Gasteiger partial charge in [0.1, 0.15) is 11.3 Å². The molecule has 2 aromatic heterocycles. The van der Waals surface area contributed by atoms with Gasteiger partial charge in [0.05, 0.1) is 10.6 Å². The highest BCUT2D eigenvalue weighted by Crippen LogP contribution is 2.38. The average Bonchev–Trinajstić information content (AvgIpc) is 3.33. The highest BCUT2D eigenvalue weighted by atomic mass is 79.9. The molecule has 0 saturated heterocycles. The van der Waals surface area contributed by atoms with Crippen molar-refractivity contribution < 1.29 is 12.8 Å². The van der Waals surface area contributed by atoms with Crippen LogP contribution in [0.1, 0.15) is 43.9 Å². The largest absolute Gasteiger partial charge is 0.461 e. The quantitative estimate of drug-likeness (QED) is 0.290. The van der Waals surface area contributed by atoms with Gasteiger partial charge in [-0.2, -0.15) is 8.42 Å². The van der Waals surface area contributed by atoms with Crippen molar-refractivity contribution in [2.45, 2.75) is 50.0 Å². The first kappa shape index (κ1) is 21.7. The number of sulfonamides is 1. The summed E-state index contributed by atoms with van der Waals surface area (Å²) in [4.78, 5) is 0.704. The fourth-order valence-electron chi connectivity index (χ4n) is 4.51. The van der Waals surface area contributed by atoms with Crippen LogP contribution in [-0.4, -0.2) is 13.0 Å². The van der Waals surface area contributed by atoms with Gasteiger partial charge in [-0.25, -0.2) is 0 Å². The Balaban J connectivity index is 1.72. The number of benzene rings is 2. The van der Waals surface area contributed by atoms with E-state index in [-0.39, 0.29) is 10.9 Å². The fraction of sp³-hybridized carbons (Fsp3) is 0.292. The number of aromatic nitrogens is 1. The van der Waals surface area contributed by atoms with Gasteiger partial charge < -0.3 is 8.98 Å². The van der Waals surface area contributed by atoms with Gasteiger partial charge in [0.2, 0.25) is 4.80 Å². The molecular weight excluding hydrogens is 508 g/mol. The third kappa shape index (κ3) is 4.00. The third-order valence-electron chi connectivity index (χ3n) is 6.02. The first-order chi connectivity index (χ1) is 15.4. The van der Waals surface area contributed by atoms with Crippen molar-refractivity contribution in [3.05, 3.63) is 68.9 Å². The Kier molecular flexibility index (Phi) is 5.86. The van der Waals surface area contributed by atoms with Crippen LogP contribution in [0.25, 0.3) is 22.2 Å². The maximum Gasteiger partial charge on any atom is 0.285 e. The second-order valence-corrected chi connectivity index (χ2v) is 11.5. The lowest BCUT2D eigenvalue weighted by atomic mass is 9.94. The zero-order valence-electron chi connectivity index (χ0n) is 17.6. The van der Waals surface area contributed by atoms with E-state index in [1.807, 2.05) is 30.5 Å². The number of fused-ring (bicyclic) bond motifs is 1. The molecule has 0 aliphatic heterocycles. The molecule has 0 unspecified atom stereocenters. The number of rotatable bonds is 4. The van der Waals surface area contributed by atoms with E-state index in [1.165, 1.54) is 17.8 Å². The number of aryl methyl sites for hydroxylation is 1. The van der Waals surface area contributed by atoms with Crippen LogP contribution in [0.3, 0.4) is 0 Å². The maximum atomic E-state index is 13.1. The van der Waals surface area contributed by atoms with E-state index in [4.69, 9.17) is 4.42 Å². The molecule has 1 aliphatic carbocycles. The van der Waals surface area contributed by atoms with Crippen LogP contribution in [0.2, 0.25) is 0 Å². The lowest BCUT2D eigenvalue weighted by Crippen LogP contribution is -2.25. The van der Waals surface area contributed by atoms with Gasteiger partial charge in [-0.05, 0) is 50.1 Å². The Labute approximate surface area is 199 Å². The van der Waals surface area contributed by atoms with Gasteiger partial charge in [-0.15, -0.1) is 15.7 Å². The normalized spacial score (nSPS) is 16.1. The lowest BCUT2D eigenvalue weighted by Gasteiger charge is -2.25. The van der Waals surface area contributed by atoms with E-state index < -0.39 is 10.0 Å². The van der Waals surface area contributed by atoms with E-state index >= 15 is 0 Å². The molecule has 4 aromatic rings. The summed E-state index contributed by atoms with van der Waals surface area (Å²) in [6, 6.07) is 14.8. The Bertz CT molecular complexity index is 1440. The van der Waals surface area contributed by atoms with Crippen LogP contribution >= 0.6 is 27.3 Å². The molecule has 32 heavy (non-hydrogen) atoms. The zero-order valence-corrected chi connectivity index (χ0v) is 20.8. The highest BCUT2D eigenvalue weighted by molar-refractivity contribution is 9.10. The van der Waals surface area contributed by atoms with E-state index in [1.54, 1.807) is 24.3 Å². The first-order valence-electron chi connectivity index (χ1n) is 10.7. The molecule has 2 aromatic carbocycles. The summed E-state index contributed by atoms with van der Waals surface area (Å²) >= 11 is 4.73. The number of hydrogen-bond donors (Lipinski definition) is 0. The lowest BCUT2D eigenvalue weighted by molar-refractivity contribution is 0.351. The summed E-state index contributed by atoms with van der Waals surface area (Å²) in [5, 5.41) is 3.06. The van der Waals surface area contributed by atoms with Gasteiger partial charge in [0, 0.05) is 26.8 Å². The molecule has 0 bridgehead atoms. The first-order valence-corrected chi connectivity index (χ1v) is 13.8. The minimum atomic E-state index is -3.83. The summed E-state index contributed by atoms with van der Waals surface area (Å²) < 4.78 is 39.5. The Hall–Kier alpha value is -2.16. The van der Waals surface area contributed by atoms with E-state index in [0.29, 0.717) is 4.80 Å². The molecule has 0 spiro atoms. The van der Waals surface area contributed by atoms with Gasteiger partial charge in [-0.3, -0.25) is 0 Å². The zero-order chi connectivity index (χ0) is 22.3. The number of hydrogen-bond acceptors (Lipinski definition) is 4. The Morgan fingerprint density at radius 2 is 1.78 bits per heavy atom. The van der Waals surface area contributed by atoms with Gasteiger partial charge >= 0.3 is 0 Å². The molecule has 1 aliphatic rings. The van der Waals surface area contributed by atoms with Crippen LogP contribution < -0.4 is 4.80 Å². The van der Waals surface area contributed by atoms with E-state index in [0.717, 1.165) is 58.1 Å². The van der Waals surface area contributed by atoms with Crippen molar-refractivity contribution in [1.82, 2.24) is 4.57 Å². The van der Waals surface area contributed by atoms with Crippen molar-refractivity contribution in [1.29, 1.82) is 0 Å². The van der Waals surface area contributed by atoms with Gasteiger partial charge in [0.15, 0.2) is 0 Å². The molecular formula is C24H23BrN2O3S2. The maximum absolute atomic E-state index is 13.1. The molecule has 166 valence electrons. The molecule has 0 atom stereocenters. The summed E-state index contributed by atoms with van der Waals surface area (Å²) in [6.07, 6.45) is 5.52.